The molecule has 2 nitrogen and oxygen atoms in total. The Balaban J connectivity index is 2.58. The Morgan fingerprint density at radius 2 is 2.00 bits per heavy atom. The minimum absolute atomic E-state index is 0.126. The first kappa shape index (κ1) is 9.15. The summed E-state index contributed by atoms with van der Waals surface area (Å²) in [5.74, 6) is -1.33. The Morgan fingerprint density at radius 1 is 1.21 bits per heavy atom. The minimum Gasteiger partial charge on any atom is -0.219 e. The number of rotatable bonds is 1. The van der Waals surface area contributed by atoms with Crippen molar-refractivity contribution in [3.05, 3.63) is 47.2 Å². The quantitative estimate of drug-likeness (QED) is 0.714. The summed E-state index contributed by atoms with van der Waals surface area (Å²) in [6.45, 7) is 0. The van der Waals surface area contributed by atoms with Crippen LogP contribution in [0.15, 0.2) is 30.5 Å². The summed E-state index contributed by atoms with van der Waals surface area (Å²) in [7, 11) is 0. The van der Waals surface area contributed by atoms with E-state index in [0.29, 0.717) is 0 Å². The Labute approximate surface area is 83.7 Å². The first-order valence-corrected chi connectivity index (χ1v) is 4.21. The molecule has 0 amide bonds. The Bertz CT molecular complexity index is 468. The fraction of sp³-hybridized carbons (Fsp3) is 0. The summed E-state index contributed by atoms with van der Waals surface area (Å²) in [4.78, 5) is 0. The highest BCUT2D eigenvalue weighted by molar-refractivity contribution is 6.29. The summed E-state index contributed by atoms with van der Waals surface area (Å²) >= 11 is 5.73. The molecular formula is C9H5ClF2N2. The lowest BCUT2D eigenvalue weighted by Crippen LogP contribution is -1.99. The van der Waals surface area contributed by atoms with Crippen LogP contribution in [0, 0.1) is 11.6 Å². The van der Waals surface area contributed by atoms with E-state index >= 15 is 0 Å². The smallest absolute Gasteiger partial charge is 0.151 e. The molecule has 1 heterocycles. The van der Waals surface area contributed by atoms with Crippen LogP contribution in [0.5, 0.6) is 0 Å². The molecule has 0 saturated heterocycles. The molecule has 0 aliphatic rings. The van der Waals surface area contributed by atoms with Crippen LogP contribution in [0.3, 0.4) is 0 Å². The van der Waals surface area contributed by atoms with Gasteiger partial charge in [-0.15, -0.1) is 0 Å². The molecule has 0 fully saturated rings. The van der Waals surface area contributed by atoms with Crippen molar-refractivity contribution >= 4 is 11.6 Å². The first-order chi connectivity index (χ1) is 6.68. The van der Waals surface area contributed by atoms with Gasteiger partial charge >= 0.3 is 0 Å². The van der Waals surface area contributed by atoms with E-state index in [-0.39, 0.29) is 10.8 Å². The third-order valence-corrected chi connectivity index (χ3v) is 2.02. The molecule has 2 aromatic rings. The van der Waals surface area contributed by atoms with Crippen LogP contribution in [-0.2, 0) is 0 Å². The molecule has 1 aromatic carbocycles. The van der Waals surface area contributed by atoms with Crippen molar-refractivity contribution in [2.75, 3.05) is 0 Å². The van der Waals surface area contributed by atoms with Crippen molar-refractivity contribution in [1.82, 2.24) is 9.78 Å². The Hall–Kier alpha value is -1.42. The van der Waals surface area contributed by atoms with E-state index in [1.54, 1.807) is 0 Å². The lowest BCUT2D eigenvalue weighted by atomic mass is 10.3. The van der Waals surface area contributed by atoms with Gasteiger partial charge in [-0.25, -0.2) is 13.5 Å². The van der Waals surface area contributed by atoms with Crippen molar-refractivity contribution in [2.24, 2.45) is 0 Å². The zero-order valence-electron chi connectivity index (χ0n) is 6.92. The third kappa shape index (κ3) is 1.48. The highest BCUT2D eigenvalue weighted by Crippen LogP contribution is 2.18. The maximum Gasteiger partial charge on any atom is 0.151 e. The van der Waals surface area contributed by atoms with Gasteiger partial charge in [-0.05, 0) is 18.2 Å². The normalized spacial score (nSPS) is 10.5. The molecule has 0 radical (unpaired) electrons. The third-order valence-electron chi connectivity index (χ3n) is 1.73. The second kappa shape index (κ2) is 3.38. The number of hydrogen-bond donors (Lipinski definition) is 0. The zero-order valence-corrected chi connectivity index (χ0v) is 7.67. The first-order valence-electron chi connectivity index (χ1n) is 3.83. The molecule has 0 saturated carbocycles. The van der Waals surface area contributed by atoms with E-state index in [4.69, 9.17) is 11.6 Å². The topological polar surface area (TPSA) is 17.8 Å². The lowest BCUT2D eigenvalue weighted by molar-refractivity contribution is 0.574. The number of benzene rings is 1. The second-order valence-corrected chi connectivity index (χ2v) is 3.05. The standard InChI is InChI=1S/C9H5ClF2N2/c10-9-3-4-13-14(9)8-2-1-6(11)5-7(8)12/h1-5H. The van der Waals surface area contributed by atoms with Crippen molar-refractivity contribution in [3.8, 4) is 5.69 Å². The molecular weight excluding hydrogens is 210 g/mol. The fourth-order valence-electron chi connectivity index (χ4n) is 1.12. The SMILES string of the molecule is Fc1ccc(-n2nccc2Cl)c(F)c1. The number of hydrogen-bond acceptors (Lipinski definition) is 1. The van der Waals surface area contributed by atoms with Crippen molar-refractivity contribution in [3.63, 3.8) is 0 Å². The molecule has 5 heteroatoms. The Morgan fingerprint density at radius 3 is 2.57 bits per heavy atom. The number of aromatic nitrogens is 2. The van der Waals surface area contributed by atoms with Gasteiger partial charge in [0.05, 0.1) is 6.20 Å². The highest BCUT2D eigenvalue weighted by atomic mass is 35.5. The molecule has 0 atom stereocenters. The van der Waals surface area contributed by atoms with Gasteiger partial charge in [0, 0.05) is 6.07 Å². The predicted octanol–water partition coefficient (Wildman–Crippen LogP) is 2.80. The van der Waals surface area contributed by atoms with Crippen LogP contribution in [0.25, 0.3) is 5.69 Å². The molecule has 0 aliphatic heterocycles. The molecule has 1 aromatic heterocycles. The fourth-order valence-corrected chi connectivity index (χ4v) is 1.31. The van der Waals surface area contributed by atoms with E-state index in [1.165, 1.54) is 23.0 Å². The number of halogens is 3. The molecule has 14 heavy (non-hydrogen) atoms. The van der Waals surface area contributed by atoms with E-state index in [9.17, 15) is 8.78 Å². The maximum absolute atomic E-state index is 13.2. The van der Waals surface area contributed by atoms with Crippen LogP contribution in [0.2, 0.25) is 5.15 Å². The predicted molar refractivity (Wildman–Crippen MR) is 48.5 cm³/mol. The van der Waals surface area contributed by atoms with Crippen LogP contribution < -0.4 is 0 Å². The van der Waals surface area contributed by atoms with Crippen molar-refractivity contribution in [2.45, 2.75) is 0 Å². The zero-order chi connectivity index (χ0) is 10.1. The summed E-state index contributed by atoms with van der Waals surface area (Å²) in [6.07, 6.45) is 1.44. The summed E-state index contributed by atoms with van der Waals surface area (Å²) < 4.78 is 27.0. The van der Waals surface area contributed by atoms with Gasteiger partial charge in [0.1, 0.15) is 16.7 Å². The van der Waals surface area contributed by atoms with Gasteiger partial charge in [-0.1, -0.05) is 11.6 Å². The largest absolute Gasteiger partial charge is 0.219 e. The van der Waals surface area contributed by atoms with Gasteiger partial charge in [-0.3, -0.25) is 0 Å². The highest BCUT2D eigenvalue weighted by Gasteiger charge is 2.08. The monoisotopic (exact) mass is 214 g/mol. The van der Waals surface area contributed by atoms with Gasteiger partial charge < -0.3 is 0 Å². The molecule has 0 unspecified atom stereocenters. The minimum atomic E-state index is -0.699. The summed E-state index contributed by atoms with van der Waals surface area (Å²) in [5, 5.41) is 4.07. The average Bonchev–Trinajstić information content (AvgIpc) is 2.52. The van der Waals surface area contributed by atoms with Crippen molar-refractivity contribution in [1.29, 1.82) is 0 Å². The van der Waals surface area contributed by atoms with Gasteiger partial charge in [0.2, 0.25) is 0 Å². The van der Waals surface area contributed by atoms with Crippen molar-refractivity contribution < 1.29 is 8.78 Å². The second-order valence-electron chi connectivity index (χ2n) is 2.66. The maximum atomic E-state index is 13.2. The Kier molecular flexibility index (Phi) is 2.21. The van der Waals surface area contributed by atoms with Crippen LogP contribution in [-0.4, -0.2) is 9.78 Å². The summed E-state index contributed by atoms with van der Waals surface area (Å²) in [5.41, 5.74) is 0.126. The van der Waals surface area contributed by atoms with Crippen LogP contribution in [0.4, 0.5) is 8.78 Å². The van der Waals surface area contributed by atoms with Gasteiger partial charge in [0.25, 0.3) is 0 Å². The van der Waals surface area contributed by atoms with Gasteiger partial charge in [-0.2, -0.15) is 5.10 Å². The molecule has 0 spiro atoms. The summed E-state index contributed by atoms with van der Waals surface area (Å²) in [6, 6.07) is 4.73. The van der Waals surface area contributed by atoms with Crippen LogP contribution in [0.1, 0.15) is 0 Å². The molecule has 0 aliphatic carbocycles. The van der Waals surface area contributed by atoms with Crippen LogP contribution >= 0.6 is 11.6 Å². The lowest BCUT2D eigenvalue weighted by Gasteiger charge is -2.03. The average molecular weight is 215 g/mol. The molecule has 0 N–H and O–H groups in total. The van der Waals surface area contributed by atoms with Gasteiger partial charge in [0.15, 0.2) is 5.82 Å². The molecule has 2 rings (SSSR count). The van der Waals surface area contributed by atoms with E-state index in [2.05, 4.69) is 5.10 Å². The molecule has 0 bridgehead atoms. The van der Waals surface area contributed by atoms with E-state index < -0.39 is 11.6 Å². The van der Waals surface area contributed by atoms with E-state index in [0.717, 1.165) is 12.1 Å². The number of nitrogens with zero attached hydrogens (tertiary/aromatic N) is 2. The van der Waals surface area contributed by atoms with E-state index in [1.807, 2.05) is 0 Å². The molecule has 72 valence electrons.